The van der Waals surface area contributed by atoms with E-state index < -0.39 is 5.25 Å². The number of aryl methyl sites for hydroxylation is 1. The van der Waals surface area contributed by atoms with Gasteiger partial charge in [0.05, 0.1) is 5.25 Å². The molecule has 0 fully saturated rings. The van der Waals surface area contributed by atoms with Gasteiger partial charge in [-0.25, -0.2) is 4.98 Å². The Bertz CT molecular complexity index is 853. The van der Waals surface area contributed by atoms with Gasteiger partial charge in [-0.3, -0.25) is 9.59 Å². The number of amides is 1. The van der Waals surface area contributed by atoms with Crippen molar-refractivity contribution >= 4 is 23.4 Å². The highest BCUT2D eigenvalue weighted by Crippen LogP contribution is 2.33. The number of rotatable bonds is 6. The highest BCUT2D eigenvalue weighted by Gasteiger charge is 2.18. The van der Waals surface area contributed by atoms with Crippen LogP contribution >= 0.6 is 11.8 Å². The van der Waals surface area contributed by atoms with E-state index in [1.807, 2.05) is 6.92 Å². The van der Waals surface area contributed by atoms with E-state index >= 15 is 0 Å². The van der Waals surface area contributed by atoms with Crippen molar-refractivity contribution < 1.29 is 14.3 Å². The predicted molar refractivity (Wildman–Crippen MR) is 100 cm³/mol. The number of aromatic amines is 1. The van der Waals surface area contributed by atoms with Crippen molar-refractivity contribution in [1.82, 2.24) is 9.97 Å². The van der Waals surface area contributed by atoms with E-state index in [1.54, 1.807) is 25.1 Å². The molecule has 138 valence electrons. The third-order valence-corrected chi connectivity index (χ3v) is 4.73. The van der Waals surface area contributed by atoms with Gasteiger partial charge in [-0.05, 0) is 25.5 Å². The Morgan fingerprint density at radius 2 is 2.08 bits per heavy atom. The van der Waals surface area contributed by atoms with Crippen LogP contribution in [0.2, 0.25) is 0 Å². The predicted octanol–water partition coefficient (Wildman–Crippen LogP) is 2.61. The number of ether oxygens (including phenoxy) is 2. The maximum Gasteiger partial charge on any atom is 0.251 e. The van der Waals surface area contributed by atoms with E-state index in [2.05, 4.69) is 15.3 Å². The summed E-state index contributed by atoms with van der Waals surface area (Å²) in [7, 11) is 0. The molecule has 0 unspecified atom stereocenters. The average molecular weight is 375 g/mol. The number of anilines is 1. The van der Waals surface area contributed by atoms with E-state index in [-0.39, 0.29) is 11.5 Å². The summed E-state index contributed by atoms with van der Waals surface area (Å²) in [5.41, 5.74) is 1.16. The molecule has 2 N–H and O–H groups in total. The number of thioether (sulfide) groups is 1. The molecule has 8 heteroatoms. The first-order chi connectivity index (χ1) is 12.5. The summed E-state index contributed by atoms with van der Waals surface area (Å²) in [6.45, 7) is 4.81. The minimum absolute atomic E-state index is 0.185. The van der Waals surface area contributed by atoms with Crippen LogP contribution in [-0.4, -0.2) is 34.3 Å². The van der Waals surface area contributed by atoms with Crippen LogP contribution in [0, 0.1) is 0 Å². The number of benzene rings is 1. The maximum absolute atomic E-state index is 12.5. The lowest BCUT2D eigenvalue weighted by atomic mass is 10.2. The summed E-state index contributed by atoms with van der Waals surface area (Å²) in [6, 6.07) is 6.78. The SMILES string of the molecule is CCCc1cc(=O)[nH]c(S[C@@H](C)C(=O)Nc2ccc3c(c2)OCCO3)n1. The van der Waals surface area contributed by atoms with E-state index in [0.717, 1.165) is 18.5 Å². The highest BCUT2D eigenvalue weighted by molar-refractivity contribution is 8.00. The van der Waals surface area contributed by atoms with Crippen molar-refractivity contribution in [1.29, 1.82) is 0 Å². The van der Waals surface area contributed by atoms with Gasteiger partial charge in [0.1, 0.15) is 13.2 Å². The van der Waals surface area contributed by atoms with Crippen LogP contribution in [0.3, 0.4) is 0 Å². The van der Waals surface area contributed by atoms with Gasteiger partial charge >= 0.3 is 0 Å². The number of H-pyrrole nitrogens is 1. The summed E-state index contributed by atoms with van der Waals surface area (Å²) in [5.74, 6) is 1.11. The summed E-state index contributed by atoms with van der Waals surface area (Å²) in [5, 5.41) is 2.87. The van der Waals surface area contributed by atoms with Gasteiger partial charge in [0.15, 0.2) is 16.7 Å². The molecule has 1 aliphatic heterocycles. The first-order valence-electron chi connectivity index (χ1n) is 8.52. The number of carbonyl (C=O) groups is 1. The van der Waals surface area contributed by atoms with Crippen LogP contribution in [-0.2, 0) is 11.2 Å². The van der Waals surface area contributed by atoms with E-state index in [1.165, 1.54) is 17.8 Å². The second-order valence-corrected chi connectivity index (χ2v) is 7.23. The van der Waals surface area contributed by atoms with Crippen molar-refractivity contribution in [2.45, 2.75) is 37.1 Å². The summed E-state index contributed by atoms with van der Waals surface area (Å²) in [4.78, 5) is 31.3. The van der Waals surface area contributed by atoms with Gasteiger partial charge in [0, 0.05) is 23.5 Å². The quantitative estimate of drug-likeness (QED) is 0.595. The van der Waals surface area contributed by atoms with Crippen molar-refractivity contribution in [2.75, 3.05) is 18.5 Å². The Morgan fingerprint density at radius 3 is 2.85 bits per heavy atom. The Morgan fingerprint density at radius 1 is 1.31 bits per heavy atom. The molecule has 0 aliphatic carbocycles. The van der Waals surface area contributed by atoms with Crippen LogP contribution in [0.5, 0.6) is 11.5 Å². The van der Waals surface area contributed by atoms with E-state index in [9.17, 15) is 9.59 Å². The molecule has 1 aromatic heterocycles. The molecule has 1 aliphatic rings. The van der Waals surface area contributed by atoms with Gasteiger partial charge in [0.2, 0.25) is 5.91 Å². The fourth-order valence-corrected chi connectivity index (χ4v) is 3.34. The summed E-state index contributed by atoms with van der Waals surface area (Å²) in [6.07, 6.45) is 1.63. The number of aromatic nitrogens is 2. The molecule has 0 spiro atoms. The zero-order chi connectivity index (χ0) is 18.5. The van der Waals surface area contributed by atoms with Crippen molar-refractivity contribution in [3.8, 4) is 11.5 Å². The second kappa shape index (κ2) is 8.27. The lowest BCUT2D eigenvalue weighted by molar-refractivity contribution is -0.115. The fourth-order valence-electron chi connectivity index (χ4n) is 2.51. The molecule has 7 nitrogen and oxygen atoms in total. The minimum atomic E-state index is -0.428. The van der Waals surface area contributed by atoms with Crippen LogP contribution in [0.1, 0.15) is 26.0 Å². The largest absolute Gasteiger partial charge is 0.486 e. The van der Waals surface area contributed by atoms with Gasteiger partial charge < -0.3 is 19.8 Å². The zero-order valence-electron chi connectivity index (χ0n) is 14.7. The van der Waals surface area contributed by atoms with E-state index in [4.69, 9.17) is 9.47 Å². The minimum Gasteiger partial charge on any atom is -0.486 e. The Balaban J connectivity index is 1.65. The Hall–Kier alpha value is -2.48. The number of nitrogens with one attached hydrogen (secondary N) is 2. The smallest absolute Gasteiger partial charge is 0.251 e. The lowest BCUT2D eigenvalue weighted by Crippen LogP contribution is -2.23. The normalized spacial score (nSPS) is 13.9. The van der Waals surface area contributed by atoms with E-state index in [0.29, 0.717) is 35.6 Å². The van der Waals surface area contributed by atoms with Gasteiger partial charge in [-0.15, -0.1) is 0 Å². The molecule has 0 saturated carbocycles. The summed E-state index contributed by atoms with van der Waals surface area (Å²) >= 11 is 1.22. The standard InChI is InChI=1S/C18H21N3O4S/c1-3-4-12-10-16(22)21-18(20-12)26-11(2)17(23)19-13-5-6-14-15(9-13)25-8-7-24-14/h5-6,9-11H,3-4,7-8H2,1-2H3,(H,19,23)(H,20,21,22)/t11-/m0/s1. The lowest BCUT2D eigenvalue weighted by Gasteiger charge is -2.19. The van der Waals surface area contributed by atoms with Crippen molar-refractivity contribution in [3.63, 3.8) is 0 Å². The molecular formula is C18H21N3O4S. The molecule has 2 aromatic rings. The van der Waals surface area contributed by atoms with Gasteiger partial charge in [-0.2, -0.15) is 0 Å². The number of hydrogen-bond donors (Lipinski definition) is 2. The van der Waals surface area contributed by atoms with Crippen molar-refractivity contribution in [2.24, 2.45) is 0 Å². The molecular weight excluding hydrogens is 354 g/mol. The van der Waals surface area contributed by atoms with Crippen molar-refractivity contribution in [3.05, 3.63) is 40.3 Å². The molecule has 1 amide bonds. The number of fused-ring (bicyclic) bond motifs is 1. The molecule has 0 saturated heterocycles. The molecule has 0 bridgehead atoms. The molecule has 26 heavy (non-hydrogen) atoms. The molecule has 0 radical (unpaired) electrons. The third kappa shape index (κ3) is 4.57. The number of hydrogen-bond acceptors (Lipinski definition) is 6. The van der Waals surface area contributed by atoms with Gasteiger partial charge in [0.25, 0.3) is 5.56 Å². The monoisotopic (exact) mass is 375 g/mol. The third-order valence-electron chi connectivity index (χ3n) is 3.75. The summed E-state index contributed by atoms with van der Waals surface area (Å²) < 4.78 is 11.0. The topological polar surface area (TPSA) is 93.3 Å². The highest BCUT2D eigenvalue weighted by atomic mass is 32.2. The molecule has 3 rings (SSSR count). The second-order valence-electron chi connectivity index (χ2n) is 5.90. The molecule has 2 heterocycles. The molecule has 1 aromatic carbocycles. The number of nitrogens with zero attached hydrogens (tertiary/aromatic N) is 1. The number of carbonyl (C=O) groups excluding carboxylic acids is 1. The first kappa shape index (κ1) is 18.3. The maximum atomic E-state index is 12.5. The Kier molecular flexibility index (Phi) is 5.82. The van der Waals surface area contributed by atoms with Crippen LogP contribution in [0.25, 0.3) is 0 Å². The van der Waals surface area contributed by atoms with Crippen LogP contribution in [0.15, 0.2) is 34.2 Å². The average Bonchev–Trinajstić information content (AvgIpc) is 2.61. The van der Waals surface area contributed by atoms with Crippen LogP contribution < -0.4 is 20.3 Å². The fraction of sp³-hybridized carbons (Fsp3) is 0.389. The first-order valence-corrected chi connectivity index (χ1v) is 9.40. The van der Waals surface area contributed by atoms with Gasteiger partial charge in [-0.1, -0.05) is 25.1 Å². The molecule has 1 atom stereocenters. The van der Waals surface area contributed by atoms with Crippen LogP contribution in [0.4, 0.5) is 5.69 Å². The Labute approximate surface area is 155 Å². The zero-order valence-corrected chi connectivity index (χ0v) is 15.5.